The van der Waals surface area contributed by atoms with Crippen LogP contribution < -0.4 is 20.5 Å². The monoisotopic (exact) mass is 342 g/mol. The van der Waals surface area contributed by atoms with Crippen LogP contribution >= 0.6 is 12.4 Å². The van der Waals surface area contributed by atoms with E-state index >= 15 is 0 Å². The van der Waals surface area contributed by atoms with Gasteiger partial charge in [0, 0.05) is 26.3 Å². The maximum Gasteiger partial charge on any atom is 0.227 e. The van der Waals surface area contributed by atoms with Crippen molar-refractivity contribution in [2.24, 2.45) is 11.1 Å². The molecule has 1 amide bonds. The highest BCUT2D eigenvalue weighted by Crippen LogP contribution is 2.32. The summed E-state index contributed by atoms with van der Waals surface area (Å²) < 4.78 is 16.4. The van der Waals surface area contributed by atoms with E-state index in [0.29, 0.717) is 52.4 Å². The third kappa shape index (κ3) is 3.88. The molecule has 6 nitrogen and oxygen atoms in total. The summed E-state index contributed by atoms with van der Waals surface area (Å²) in [6.07, 6.45) is 1.35. The normalized spacial score (nSPS) is 18.7. The molecule has 3 N–H and O–H groups in total. The Labute approximate surface area is 142 Å². The van der Waals surface area contributed by atoms with Crippen molar-refractivity contribution in [1.29, 1.82) is 0 Å². The Balaban J connectivity index is 0.00000192. The molecule has 0 radical (unpaired) electrons. The van der Waals surface area contributed by atoms with Crippen LogP contribution in [0.5, 0.6) is 11.5 Å². The molecular weight excluding hydrogens is 320 g/mol. The van der Waals surface area contributed by atoms with Gasteiger partial charge in [0.25, 0.3) is 0 Å². The van der Waals surface area contributed by atoms with E-state index in [1.807, 2.05) is 18.2 Å². The molecule has 2 aliphatic heterocycles. The highest BCUT2D eigenvalue weighted by molar-refractivity contribution is 5.85. The van der Waals surface area contributed by atoms with E-state index in [0.717, 1.165) is 17.1 Å². The molecule has 3 rings (SSSR count). The number of hydrogen-bond acceptors (Lipinski definition) is 5. The van der Waals surface area contributed by atoms with Gasteiger partial charge in [-0.3, -0.25) is 4.79 Å². The van der Waals surface area contributed by atoms with Gasteiger partial charge in [0.2, 0.25) is 5.91 Å². The molecule has 2 heterocycles. The van der Waals surface area contributed by atoms with Crippen LogP contribution in [-0.2, 0) is 16.1 Å². The van der Waals surface area contributed by atoms with E-state index in [1.165, 1.54) is 0 Å². The average molecular weight is 343 g/mol. The van der Waals surface area contributed by atoms with E-state index < -0.39 is 5.41 Å². The molecule has 0 saturated carbocycles. The van der Waals surface area contributed by atoms with Gasteiger partial charge < -0.3 is 25.3 Å². The zero-order chi connectivity index (χ0) is 15.4. The Hall–Kier alpha value is -1.50. The molecule has 23 heavy (non-hydrogen) atoms. The van der Waals surface area contributed by atoms with Gasteiger partial charge in [-0.05, 0) is 30.5 Å². The SMILES string of the molecule is Cl.NCC1(C(=O)NCc2ccc3c(c2)OCCO3)CCOCC1. The number of nitrogens with one attached hydrogen (secondary N) is 1. The molecule has 7 heteroatoms. The largest absolute Gasteiger partial charge is 0.486 e. The highest BCUT2D eigenvalue weighted by atomic mass is 35.5. The van der Waals surface area contributed by atoms with Crippen molar-refractivity contribution in [2.45, 2.75) is 19.4 Å². The lowest BCUT2D eigenvalue weighted by atomic mass is 9.79. The zero-order valence-electron chi connectivity index (χ0n) is 13.0. The molecule has 1 fully saturated rings. The first-order valence-electron chi connectivity index (χ1n) is 7.68. The summed E-state index contributed by atoms with van der Waals surface area (Å²) >= 11 is 0. The molecule has 1 aromatic rings. The lowest BCUT2D eigenvalue weighted by Gasteiger charge is -2.34. The number of halogens is 1. The van der Waals surface area contributed by atoms with E-state index in [-0.39, 0.29) is 18.3 Å². The number of ether oxygens (including phenoxy) is 3. The molecule has 0 spiro atoms. The van der Waals surface area contributed by atoms with Gasteiger partial charge in [-0.1, -0.05) is 6.07 Å². The zero-order valence-corrected chi connectivity index (χ0v) is 13.8. The number of rotatable bonds is 4. The van der Waals surface area contributed by atoms with Gasteiger partial charge in [0.05, 0.1) is 5.41 Å². The first-order valence-corrected chi connectivity index (χ1v) is 7.68. The van der Waals surface area contributed by atoms with Crippen LogP contribution in [0.2, 0.25) is 0 Å². The van der Waals surface area contributed by atoms with Crippen LogP contribution in [0, 0.1) is 5.41 Å². The minimum absolute atomic E-state index is 0. The summed E-state index contributed by atoms with van der Waals surface area (Å²) in [6.45, 7) is 3.12. The maximum atomic E-state index is 12.5. The van der Waals surface area contributed by atoms with Gasteiger partial charge in [0.15, 0.2) is 11.5 Å². The molecule has 0 aromatic heterocycles. The lowest BCUT2D eigenvalue weighted by Crippen LogP contribution is -2.48. The second-order valence-corrected chi connectivity index (χ2v) is 5.76. The molecule has 0 unspecified atom stereocenters. The van der Waals surface area contributed by atoms with Crippen molar-refractivity contribution < 1.29 is 19.0 Å². The van der Waals surface area contributed by atoms with Crippen molar-refractivity contribution in [3.8, 4) is 11.5 Å². The molecule has 128 valence electrons. The average Bonchev–Trinajstić information content (AvgIpc) is 2.60. The quantitative estimate of drug-likeness (QED) is 0.860. The van der Waals surface area contributed by atoms with Crippen LogP contribution in [0.3, 0.4) is 0 Å². The molecule has 2 aliphatic rings. The Bertz CT molecular complexity index is 547. The summed E-state index contributed by atoms with van der Waals surface area (Å²) in [6, 6.07) is 5.73. The van der Waals surface area contributed by atoms with Crippen molar-refractivity contribution in [3.05, 3.63) is 23.8 Å². The molecule has 1 aromatic carbocycles. The summed E-state index contributed by atoms with van der Waals surface area (Å²) in [5, 5.41) is 3.00. The summed E-state index contributed by atoms with van der Waals surface area (Å²) in [4.78, 5) is 12.5. The topological polar surface area (TPSA) is 82.8 Å². The van der Waals surface area contributed by atoms with Crippen LogP contribution in [-0.4, -0.2) is 38.9 Å². The first-order chi connectivity index (χ1) is 10.7. The predicted octanol–water partition coefficient (Wildman–Crippen LogP) is 1.25. The lowest BCUT2D eigenvalue weighted by molar-refractivity contribution is -0.136. The smallest absolute Gasteiger partial charge is 0.227 e. The van der Waals surface area contributed by atoms with Crippen LogP contribution in [0.25, 0.3) is 0 Å². The Morgan fingerprint density at radius 1 is 1.13 bits per heavy atom. The van der Waals surface area contributed by atoms with Gasteiger partial charge in [-0.25, -0.2) is 0 Å². The number of carbonyl (C=O) groups excluding carboxylic acids is 1. The van der Waals surface area contributed by atoms with Crippen molar-refractivity contribution in [2.75, 3.05) is 33.0 Å². The first kappa shape index (κ1) is 17.8. The van der Waals surface area contributed by atoms with E-state index in [4.69, 9.17) is 19.9 Å². The summed E-state index contributed by atoms with van der Waals surface area (Å²) in [7, 11) is 0. The number of nitrogens with two attached hydrogens (primary N) is 1. The van der Waals surface area contributed by atoms with E-state index in [2.05, 4.69) is 5.32 Å². The Kier molecular flexibility index (Phi) is 6.10. The number of carbonyl (C=O) groups is 1. The van der Waals surface area contributed by atoms with Crippen molar-refractivity contribution in [3.63, 3.8) is 0 Å². The second-order valence-electron chi connectivity index (χ2n) is 5.76. The molecule has 0 atom stereocenters. The van der Waals surface area contributed by atoms with Crippen LogP contribution in [0.1, 0.15) is 18.4 Å². The highest BCUT2D eigenvalue weighted by Gasteiger charge is 2.38. The molecular formula is C16H23ClN2O4. The number of benzene rings is 1. The standard InChI is InChI=1S/C16H22N2O4.ClH/c17-11-16(3-5-20-6-4-16)15(19)18-10-12-1-2-13-14(9-12)22-8-7-21-13;/h1-2,9H,3-8,10-11,17H2,(H,18,19);1H. The minimum Gasteiger partial charge on any atom is -0.486 e. The Morgan fingerprint density at radius 2 is 1.83 bits per heavy atom. The maximum absolute atomic E-state index is 12.5. The predicted molar refractivity (Wildman–Crippen MR) is 88.1 cm³/mol. The van der Waals surface area contributed by atoms with Gasteiger partial charge >= 0.3 is 0 Å². The molecule has 0 aliphatic carbocycles. The third-order valence-corrected chi connectivity index (χ3v) is 4.38. The Morgan fingerprint density at radius 3 is 2.52 bits per heavy atom. The fourth-order valence-corrected chi connectivity index (χ4v) is 2.85. The third-order valence-electron chi connectivity index (χ3n) is 4.38. The van der Waals surface area contributed by atoms with Crippen LogP contribution in [0.4, 0.5) is 0 Å². The van der Waals surface area contributed by atoms with E-state index in [9.17, 15) is 4.79 Å². The minimum atomic E-state index is -0.494. The van der Waals surface area contributed by atoms with Gasteiger partial charge in [-0.15, -0.1) is 12.4 Å². The number of hydrogen-bond donors (Lipinski definition) is 2. The van der Waals surface area contributed by atoms with Gasteiger partial charge in [-0.2, -0.15) is 0 Å². The van der Waals surface area contributed by atoms with Crippen molar-refractivity contribution >= 4 is 18.3 Å². The summed E-state index contributed by atoms with van der Waals surface area (Å²) in [5.41, 5.74) is 6.34. The number of fused-ring (bicyclic) bond motifs is 1. The van der Waals surface area contributed by atoms with Gasteiger partial charge in [0.1, 0.15) is 13.2 Å². The second kappa shape index (κ2) is 7.86. The number of amides is 1. The summed E-state index contributed by atoms with van der Waals surface area (Å²) in [5.74, 6) is 1.50. The molecule has 0 bridgehead atoms. The van der Waals surface area contributed by atoms with Crippen molar-refractivity contribution in [1.82, 2.24) is 5.32 Å². The van der Waals surface area contributed by atoms with E-state index in [1.54, 1.807) is 0 Å². The fraction of sp³-hybridized carbons (Fsp3) is 0.562. The molecule has 1 saturated heterocycles. The fourth-order valence-electron chi connectivity index (χ4n) is 2.85. The van der Waals surface area contributed by atoms with Crippen LogP contribution in [0.15, 0.2) is 18.2 Å².